The van der Waals surface area contributed by atoms with Crippen LogP contribution >= 0.6 is 0 Å². The number of nitrogens with zero attached hydrogens (tertiary/aromatic N) is 7. The molecule has 0 spiro atoms. The van der Waals surface area contributed by atoms with E-state index >= 15 is 0 Å². The lowest BCUT2D eigenvalue weighted by Gasteiger charge is -2.31. The Morgan fingerprint density at radius 2 is 2.00 bits per heavy atom. The largest absolute Gasteiger partial charge is 0.341 e. The predicted octanol–water partition coefficient (Wildman–Crippen LogP) is 1.53. The molecule has 30 heavy (non-hydrogen) atoms. The van der Waals surface area contributed by atoms with Crippen molar-refractivity contribution in [3.8, 4) is 0 Å². The Morgan fingerprint density at radius 1 is 1.17 bits per heavy atom. The van der Waals surface area contributed by atoms with E-state index in [1.807, 2.05) is 29.7 Å². The van der Waals surface area contributed by atoms with Gasteiger partial charge in [0.05, 0.1) is 23.8 Å². The van der Waals surface area contributed by atoms with Crippen molar-refractivity contribution < 1.29 is 0 Å². The van der Waals surface area contributed by atoms with Gasteiger partial charge in [-0.2, -0.15) is 5.10 Å². The topological polar surface area (TPSA) is 108 Å². The van der Waals surface area contributed by atoms with Crippen molar-refractivity contribution in [1.29, 1.82) is 0 Å². The minimum atomic E-state index is -0.145. The Morgan fingerprint density at radius 3 is 2.80 bits per heavy atom. The van der Waals surface area contributed by atoms with Gasteiger partial charge in [-0.1, -0.05) is 6.07 Å². The SMILES string of the molecule is CCn1c(N2CCC[C@@H](N)C2)nc2cnn(Cc3ccc4nccnc4c3)c(=O)c21. The molecule has 9 heteroatoms. The quantitative estimate of drug-likeness (QED) is 0.549. The molecule has 4 aromatic rings. The van der Waals surface area contributed by atoms with Crippen molar-refractivity contribution in [2.75, 3.05) is 18.0 Å². The zero-order valence-corrected chi connectivity index (χ0v) is 16.9. The molecule has 154 valence electrons. The molecule has 0 saturated carbocycles. The average Bonchev–Trinajstić information content (AvgIpc) is 3.15. The minimum absolute atomic E-state index is 0.134. The second-order valence-electron chi connectivity index (χ2n) is 7.73. The van der Waals surface area contributed by atoms with Gasteiger partial charge in [-0.05, 0) is 37.5 Å². The summed E-state index contributed by atoms with van der Waals surface area (Å²) in [6.45, 7) is 4.70. The van der Waals surface area contributed by atoms with Crippen LogP contribution in [0.25, 0.3) is 22.1 Å². The molecule has 0 unspecified atom stereocenters. The summed E-state index contributed by atoms with van der Waals surface area (Å²) in [6.07, 6.45) is 7.06. The Labute approximate surface area is 173 Å². The molecule has 0 amide bonds. The third-order valence-electron chi connectivity index (χ3n) is 5.65. The lowest BCUT2D eigenvalue weighted by Crippen LogP contribution is -2.44. The number of rotatable bonds is 4. The van der Waals surface area contributed by atoms with Crippen LogP contribution in [0.2, 0.25) is 0 Å². The number of aromatic nitrogens is 6. The summed E-state index contributed by atoms with van der Waals surface area (Å²) in [7, 11) is 0. The standard InChI is InChI=1S/C21H24N8O/c1-2-28-19-18(26-21(28)27-9-3-4-15(22)13-27)11-25-29(20(19)30)12-14-5-6-16-17(10-14)24-8-7-23-16/h5-8,10-11,15H,2-4,9,12-13,22H2,1H3/t15-/m1/s1. The number of nitrogens with two attached hydrogens (primary N) is 1. The van der Waals surface area contributed by atoms with Crippen molar-refractivity contribution in [3.05, 3.63) is 52.7 Å². The van der Waals surface area contributed by atoms with Crippen LogP contribution < -0.4 is 16.2 Å². The number of imidazole rings is 1. The Balaban J connectivity index is 1.55. The molecule has 3 aromatic heterocycles. The Hall–Kier alpha value is -3.33. The van der Waals surface area contributed by atoms with E-state index in [4.69, 9.17) is 10.7 Å². The number of hydrogen-bond donors (Lipinski definition) is 1. The molecule has 2 N–H and O–H groups in total. The van der Waals surface area contributed by atoms with E-state index in [0.29, 0.717) is 24.1 Å². The Bertz CT molecular complexity index is 1280. The van der Waals surface area contributed by atoms with Crippen LogP contribution in [-0.2, 0) is 13.1 Å². The summed E-state index contributed by atoms with van der Waals surface area (Å²) in [6, 6.07) is 5.94. The summed E-state index contributed by atoms with van der Waals surface area (Å²) >= 11 is 0. The number of piperidine rings is 1. The highest BCUT2D eigenvalue weighted by atomic mass is 16.1. The molecule has 1 saturated heterocycles. The first-order valence-corrected chi connectivity index (χ1v) is 10.3. The second-order valence-corrected chi connectivity index (χ2v) is 7.73. The normalized spacial score (nSPS) is 17.1. The van der Waals surface area contributed by atoms with Gasteiger partial charge in [0.1, 0.15) is 11.0 Å². The van der Waals surface area contributed by atoms with Gasteiger partial charge in [0.2, 0.25) is 5.95 Å². The van der Waals surface area contributed by atoms with Gasteiger partial charge in [-0.3, -0.25) is 14.8 Å². The van der Waals surface area contributed by atoms with Crippen LogP contribution in [0.3, 0.4) is 0 Å². The number of benzene rings is 1. The molecule has 0 bridgehead atoms. The number of fused-ring (bicyclic) bond motifs is 2. The highest BCUT2D eigenvalue weighted by molar-refractivity contribution is 5.77. The van der Waals surface area contributed by atoms with Crippen LogP contribution in [0.1, 0.15) is 25.3 Å². The van der Waals surface area contributed by atoms with Crippen molar-refractivity contribution in [1.82, 2.24) is 29.3 Å². The van der Waals surface area contributed by atoms with Crippen LogP contribution in [0.5, 0.6) is 0 Å². The molecule has 5 rings (SSSR count). The van der Waals surface area contributed by atoms with Gasteiger partial charge in [-0.25, -0.2) is 9.67 Å². The third-order valence-corrected chi connectivity index (χ3v) is 5.65. The fourth-order valence-electron chi connectivity index (χ4n) is 4.20. The zero-order chi connectivity index (χ0) is 20.7. The first-order valence-electron chi connectivity index (χ1n) is 10.3. The van der Waals surface area contributed by atoms with Gasteiger partial charge >= 0.3 is 0 Å². The lowest BCUT2D eigenvalue weighted by molar-refractivity contribution is 0.494. The van der Waals surface area contributed by atoms with Gasteiger partial charge < -0.3 is 15.2 Å². The van der Waals surface area contributed by atoms with Gasteiger partial charge in [0.25, 0.3) is 5.56 Å². The molecule has 9 nitrogen and oxygen atoms in total. The van der Waals surface area contributed by atoms with Crippen LogP contribution in [0, 0.1) is 0 Å². The fourth-order valence-corrected chi connectivity index (χ4v) is 4.20. The summed E-state index contributed by atoms with van der Waals surface area (Å²) < 4.78 is 3.47. The highest BCUT2D eigenvalue weighted by Crippen LogP contribution is 2.23. The molecule has 0 aliphatic carbocycles. The van der Waals surface area contributed by atoms with Gasteiger partial charge in [0, 0.05) is 38.1 Å². The molecule has 1 aliphatic rings. The van der Waals surface area contributed by atoms with Crippen LogP contribution in [0.15, 0.2) is 41.6 Å². The summed E-state index contributed by atoms with van der Waals surface area (Å²) in [4.78, 5) is 28.9. The van der Waals surface area contributed by atoms with E-state index in [9.17, 15) is 4.79 Å². The zero-order valence-electron chi connectivity index (χ0n) is 16.9. The van der Waals surface area contributed by atoms with E-state index in [1.165, 1.54) is 4.68 Å². The smallest absolute Gasteiger partial charge is 0.293 e. The highest BCUT2D eigenvalue weighted by Gasteiger charge is 2.24. The summed E-state index contributed by atoms with van der Waals surface area (Å²) in [5.74, 6) is 0.806. The van der Waals surface area contributed by atoms with Crippen LogP contribution in [-0.4, -0.2) is 48.4 Å². The average molecular weight is 404 g/mol. The predicted molar refractivity (Wildman–Crippen MR) is 116 cm³/mol. The van der Waals surface area contributed by atoms with E-state index < -0.39 is 0 Å². The van der Waals surface area contributed by atoms with E-state index in [1.54, 1.807) is 18.6 Å². The molecule has 1 fully saturated rings. The summed E-state index contributed by atoms with van der Waals surface area (Å²) in [5, 5.41) is 4.38. The first-order chi connectivity index (χ1) is 14.6. The number of anilines is 1. The van der Waals surface area contributed by atoms with Crippen molar-refractivity contribution in [2.24, 2.45) is 5.73 Å². The van der Waals surface area contributed by atoms with Gasteiger partial charge in [0.15, 0.2) is 0 Å². The maximum absolute atomic E-state index is 13.3. The first kappa shape index (κ1) is 18.7. The molecule has 0 radical (unpaired) electrons. The van der Waals surface area contributed by atoms with E-state index in [2.05, 4.69) is 20.0 Å². The number of hydrogen-bond acceptors (Lipinski definition) is 7. The maximum Gasteiger partial charge on any atom is 0.293 e. The molecule has 1 aromatic carbocycles. The maximum atomic E-state index is 13.3. The molecule has 1 aliphatic heterocycles. The van der Waals surface area contributed by atoms with Crippen molar-refractivity contribution >= 4 is 28.0 Å². The second kappa shape index (κ2) is 7.49. The molecular weight excluding hydrogens is 380 g/mol. The molecule has 1 atom stereocenters. The van der Waals surface area contributed by atoms with E-state index in [-0.39, 0.29) is 11.6 Å². The monoisotopic (exact) mass is 404 g/mol. The van der Waals surface area contributed by atoms with Crippen molar-refractivity contribution in [2.45, 2.75) is 38.9 Å². The summed E-state index contributed by atoms with van der Waals surface area (Å²) in [5.41, 5.74) is 9.79. The lowest BCUT2D eigenvalue weighted by atomic mass is 10.1. The van der Waals surface area contributed by atoms with Crippen LogP contribution in [0.4, 0.5) is 5.95 Å². The van der Waals surface area contributed by atoms with Crippen molar-refractivity contribution in [3.63, 3.8) is 0 Å². The third kappa shape index (κ3) is 3.21. The fraction of sp³-hybridized carbons (Fsp3) is 0.381. The molecule has 4 heterocycles. The molecular formula is C21H24N8O. The van der Waals surface area contributed by atoms with Gasteiger partial charge in [-0.15, -0.1) is 0 Å². The Kier molecular flexibility index (Phi) is 4.66. The minimum Gasteiger partial charge on any atom is -0.341 e. The van der Waals surface area contributed by atoms with E-state index in [0.717, 1.165) is 48.5 Å². The number of aryl methyl sites for hydroxylation is 1.